The molecule has 4 rings (SSSR count). The minimum Gasteiger partial charge on any atom is -0.406 e. The maximum absolute atomic E-state index is 12.6. The highest BCUT2D eigenvalue weighted by Gasteiger charge is 2.31. The number of hydrogen-bond donors (Lipinski definition) is 1. The summed E-state index contributed by atoms with van der Waals surface area (Å²) in [6.07, 6.45) is -0.0728. The Kier molecular flexibility index (Phi) is 3.76. The zero-order chi connectivity index (χ0) is 18.3. The molecular weight excluding hydrogens is 369 g/mol. The molecule has 0 bridgehead atoms. The number of thiazole rings is 1. The lowest BCUT2D eigenvalue weighted by molar-refractivity contribution is -0.274. The number of fused-ring (bicyclic) bond motifs is 1. The highest BCUT2D eigenvalue weighted by Crippen LogP contribution is 2.30. The van der Waals surface area contributed by atoms with Crippen LogP contribution < -0.4 is 10.3 Å². The first kappa shape index (κ1) is 16.3. The number of rotatable bonds is 3. The van der Waals surface area contributed by atoms with E-state index in [1.54, 1.807) is 24.5 Å². The summed E-state index contributed by atoms with van der Waals surface area (Å²) in [5.74, 6) is -0.338. The fraction of sp³-hybridized carbons (Fsp3) is 0.0625. The summed E-state index contributed by atoms with van der Waals surface area (Å²) >= 11 is 1.07. The lowest BCUT2D eigenvalue weighted by Crippen LogP contribution is -2.16. The van der Waals surface area contributed by atoms with Crippen LogP contribution in [0.25, 0.3) is 26.5 Å². The number of pyridine rings is 1. The first-order chi connectivity index (χ1) is 12.4. The molecule has 10 heteroatoms. The molecule has 0 saturated heterocycles. The lowest BCUT2D eigenvalue weighted by Gasteiger charge is -2.07. The molecule has 6 nitrogen and oxygen atoms in total. The van der Waals surface area contributed by atoms with E-state index in [1.165, 1.54) is 29.1 Å². The zero-order valence-corrected chi connectivity index (χ0v) is 13.6. The van der Waals surface area contributed by atoms with Crippen molar-refractivity contribution in [3.8, 4) is 22.0 Å². The van der Waals surface area contributed by atoms with Crippen molar-refractivity contribution in [2.45, 2.75) is 6.36 Å². The first-order valence-electron chi connectivity index (χ1n) is 7.28. The summed E-state index contributed by atoms with van der Waals surface area (Å²) in [5.41, 5.74) is 1.20. The van der Waals surface area contributed by atoms with Crippen LogP contribution in [-0.2, 0) is 0 Å². The molecule has 3 heterocycles. The van der Waals surface area contributed by atoms with Gasteiger partial charge >= 0.3 is 6.36 Å². The molecule has 1 N–H and O–H groups in total. The number of hydrogen-bond acceptors (Lipinski definition) is 5. The van der Waals surface area contributed by atoms with E-state index in [0.717, 1.165) is 11.3 Å². The van der Waals surface area contributed by atoms with Gasteiger partial charge in [0.25, 0.3) is 5.56 Å². The number of aromatic amines is 1. The average Bonchev–Trinajstić information content (AvgIpc) is 3.17. The molecule has 0 unspecified atom stereocenters. The van der Waals surface area contributed by atoms with Gasteiger partial charge in [-0.05, 0) is 18.2 Å². The molecule has 0 amide bonds. The Morgan fingerprint density at radius 2 is 2.08 bits per heavy atom. The SMILES string of the molecule is O=c1c(-c2cccnc2)c[nH]n1-c1nc2ccc(OC(F)(F)F)cc2s1. The Balaban J connectivity index is 1.74. The van der Waals surface area contributed by atoms with Crippen LogP contribution in [0.5, 0.6) is 5.75 Å². The average molecular weight is 378 g/mol. The van der Waals surface area contributed by atoms with Crippen LogP contribution in [0.3, 0.4) is 0 Å². The highest BCUT2D eigenvalue weighted by atomic mass is 32.1. The molecule has 0 aliphatic heterocycles. The highest BCUT2D eigenvalue weighted by molar-refractivity contribution is 7.20. The van der Waals surface area contributed by atoms with Gasteiger partial charge in [0.2, 0.25) is 5.13 Å². The normalized spacial score (nSPS) is 11.8. The van der Waals surface area contributed by atoms with Gasteiger partial charge < -0.3 is 4.74 Å². The zero-order valence-electron chi connectivity index (χ0n) is 12.8. The van der Waals surface area contributed by atoms with Gasteiger partial charge in [-0.2, -0.15) is 4.68 Å². The Bertz CT molecular complexity index is 1130. The minimum atomic E-state index is -4.77. The number of nitrogens with zero attached hydrogens (tertiary/aromatic N) is 3. The summed E-state index contributed by atoms with van der Waals surface area (Å²) in [5, 5.41) is 3.13. The predicted octanol–water partition coefficient (Wildman–Crippen LogP) is 3.74. The molecule has 26 heavy (non-hydrogen) atoms. The van der Waals surface area contributed by atoms with Crippen molar-refractivity contribution >= 4 is 21.6 Å². The molecule has 0 fully saturated rings. The van der Waals surface area contributed by atoms with Crippen LogP contribution in [0.15, 0.2) is 53.7 Å². The number of halogens is 3. The number of ether oxygens (including phenoxy) is 1. The van der Waals surface area contributed by atoms with Crippen molar-refractivity contribution in [1.82, 2.24) is 19.7 Å². The third-order valence-electron chi connectivity index (χ3n) is 3.52. The number of H-pyrrole nitrogens is 1. The summed E-state index contributed by atoms with van der Waals surface area (Å²) in [6.45, 7) is 0. The standard InChI is InChI=1S/C16H9F3N4O2S/c17-16(18,19)25-10-3-4-12-13(6-10)26-15(22-12)23-14(24)11(8-21-23)9-2-1-5-20-7-9/h1-8,21H. The van der Waals surface area contributed by atoms with Crippen LogP contribution in [0.1, 0.15) is 0 Å². The fourth-order valence-electron chi connectivity index (χ4n) is 2.43. The van der Waals surface area contributed by atoms with E-state index in [2.05, 4.69) is 19.8 Å². The van der Waals surface area contributed by atoms with Crippen molar-refractivity contribution in [1.29, 1.82) is 0 Å². The van der Waals surface area contributed by atoms with E-state index in [-0.39, 0.29) is 11.3 Å². The van der Waals surface area contributed by atoms with Crippen molar-refractivity contribution in [2.75, 3.05) is 0 Å². The molecule has 0 spiro atoms. The van der Waals surface area contributed by atoms with E-state index in [1.807, 2.05) is 0 Å². The van der Waals surface area contributed by atoms with Crippen molar-refractivity contribution in [3.63, 3.8) is 0 Å². The summed E-state index contributed by atoms with van der Waals surface area (Å²) in [6, 6.07) is 7.29. The van der Waals surface area contributed by atoms with Gasteiger partial charge in [0.1, 0.15) is 5.75 Å². The van der Waals surface area contributed by atoms with Gasteiger partial charge in [-0.1, -0.05) is 17.4 Å². The number of aromatic nitrogens is 4. The molecule has 0 atom stereocenters. The Morgan fingerprint density at radius 3 is 2.81 bits per heavy atom. The number of nitrogens with one attached hydrogen (secondary N) is 1. The monoisotopic (exact) mass is 378 g/mol. The summed E-state index contributed by atoms with van der Waals surface area (Å²) in [7, 11) is 0. The van der Waals surface area contributed by atoms with Crippen LogP contribution in [0.4, 0.5) is 13.2 Å². The number of alkyl halides is 3. The molecule has 0 radical (unpaired) electrons. The van der Waals surface area contributed by atoms with Gasteiger partial charge in [-0.15, -0.1) is 13.2 Å². The maximum atomic E-state index is 12.6. The molecule has 132 valence electrons. The lowest BCUT2D eigenvalue weighted by atomic mass is 10.2. The van der Waals surface area contributed by atoms with Crippen LogP contribution in [0.2, 0.25) is 0 Å². The van der Waals surface area contributed by atoms with Gasteiger partial charge in [0, 0.05) is 30.2 Å². The van der Waals surface area contributed by atoms with E-state index >= 15 is 0 Å². The second-order valence-electron chi connectivity index (χ2n) is 5.24. The summed E-state index contributed by atoms with van der Waals surface area (Å²) < 4.78 is 42.6. The van der Waals surface area contributed by atoms with Gasteiger partial charge in [-0.3, -0.25) is 14.9 Å². The third kappa shape index (κ3) is 3.06. The molecule has 0 aliphatic carbocycles. The summed E-state index contributed by atoms with van der Waals surface area (Å²) in [4.78, 5) is 20.9. The van der Waals surface area contributed by atoms with Gasteiger partial charge in [0.15, 0.2) is 0 Å². The Labute approximate surface area is 147 Å². The van der Waals surface area contributed by atoms with E-state index in [4.69, 9.17) is 0 Å². The molecule has 4 aromatic rings. The molecule has 3 aromatic heterocycles. The topological polar surface area (TPSA) is 72.8 Å². The van der Waals surface area contributed by atoms with Gasteiger partial charge in [-0.25, -0.2) is 4.98 Å². The quantitative estimate of drug-likeness (QED) is 0.590. The van der Waals surface area contributed by atoms with E-state index < -0.39 is 6.36 Å². The molecule has 1 aromatic carbocycles. The Morgan fingerprint density at radius 1 is 1.23 bits per heavy atom. The van der Waals surface area contributed by atoms with Crippen LogP contribution >= 0.6 is 11.3 Å². The van der Waals surface area contributed by atoms with Crippen molar-refractivity contribution in [2.24, 2.45) is 0 Å². The van der Waals surface area contributed by atoms with Crippen LogP contribution in [-0.4, -0.2) is 26.1 Å². The van der Waals surface area contributed by atoms with Gasteiger partial charge in [0.05, 0.1) is 15.8 Å². The minimum absolute atomic E-state index is 0.310. The smallest absolute Gasteiger partial charge is 0.406 e. The van der Waals surface area contributed by atoms with Crippen molar-refractivity contribution < 1.29 is 17.9 Å². The second-order valence-corrected chi connectivity index (χ2v) is 6.25. The third-order valence-corrected chi connectivity index (χ3v) is 4.52. The maximum Gasteiger partial charge on any atom is 0.573 e. The van der Waals surface area contributed by atoms with E-state index in [0.29, 0.717) is 26.5 Å². The number of benzene rings is 1. The first-order valence-corrected chi connectivity index (χ1v) is 8.10. The molecular formula is C16H9F3N4O2S. The van der Waals surface area contributed by atoms with Crippen LogP contribution in [0, 0.1) is 0 Å². The largest absolute Gasteiger partial charge is 0.573 e. The fourth-order valence-corrected chi connectivity index (χ4v) is 3.39. The van der Waals surface area contributed by atoms with E-state index in [9.17, 15) is 18.0 Å². The predicted molar refractivity (Wildman–Crippen MR) is 89.5 cm³/mol. The van der Waals surface area contributed by atoms with Crippen molar-refractivity contribution in [3.05, 3.63) is 59.3 Å². The Hall–Kier alpha value is -3.14. The second kappa shape index (κ2) is 5.99. The molecule has 0 saturated carbocycles. The molecule has 0 aliphatic rings.